The standard InChI is InChI=1S/C16H16ClNOS/c1-20-11-12-5-7-14(8-6-12)16(19)18-10-13-3-2-4-15(17)9-13/h2-9H,10-11H2,1H3,(H,18,19). The van der Waals surface area contributed by atoms with Crippen LogP contribution in [-0.2, 0) is 12.3 Å². The molecule has 0 heterocycles. The van der Waals surface area contributed by atoms with E-state index in [0.717, 1.165) is 11.3 Å². The summed E-state index contributed by atoms with van der Waals surface area (Å²) in [5, 5.41) is 3.57. The highest BCUT2D eigenvalue weighted by atomic mass is 35.5. The first-order valence-corrected chi connectivity index (χ1v) is 8.07. The molecule has 0 bridgehead atoms. The second kappa shape index (κ2) is 7.36. The van der Waals surface area contributed by atoms with Gasteiger partial charge in [0.1, 0.15) is 0 Å². The molecule has 4 heteroatoms. The Hall–Kier alpha value is -1.45. The zero-order valence-electron chi connectivity index (χ0n) is 11.2. The van der Waals surface area contributed by atoms with Crippen LogP contribution in [0.3, 0.4) is 0 Å². The summed E-state index contributed by atoms with van der Waals surface area (Å²) in [6, 6.07) is 15.2. The number of carbonyl (C=O) groups is 1. The molecule has 1 N–H and O–H groups in total. The molecule has 0 fully saturated rings. The zero-order valence-corrected chi connectivity index (χ0v) is 12.8. The first kappa shape index (κ1) is 14.9. The van der Waals surface area contributed by atoms with Crippen molar-refractivity contribution >= 4 is 29.3 Å². The summed E-state index contributed by atoms with van der Waals surface area (Å²) in [4.78, 5) is 12.0. The van der Waals surface area contributed by atoms with E-state index in [1.807, 2.05) is 48.5 Å². The summed E-state index contributed by atoms with van der Waals surface area (Å²) in [6.45, 7) is 0.478. The Morgan fingerprint density at radius 2 is 1.90 bits per heavy atom. The normalized spacial score (nSPS) is 10.3. The molecule has 0 spiro atoms. The van der Waals surface area contributed by atoms with E-state index in [4.69, 9.17) is 11.6 Å². The van der Waals surface area contributed by atoms with Crippen molar-refractivity contribution in [3.8, 4) is 0 Å². The third-order valence-corrected chi connectivity index (χ3v) is 3.73. The average molecular weight is 306 g/mol. The molecule has 0 aromatic heterocycles. The van der Waals surface area contributed by atoms with E-state index >= 15 is 0 Å². The number of carbonyl (C=O) groups excluding carboxylic acids is 1. The fourth-order valence-electron chi connectivity index (χ4n) is 1.85. The Morgan fingerprint density at radius 3 is 2.55 bits per heavy atom. The van der Waals surface area contributed by atoms with Gasteiger partial charge in [-0.05, 0) is 41.6 Å². The maximum absolute atomic E-state index is 12.0. The number of amides is 1. The molecule has 20 heavy (non-hydrogen) atoms. The van der Waals surface area contributed by atoms with E-state index in [0.29, 0.717) is 17.1 Å². The van der Waals surface area contributed by atoms with E-state index in [9.17, 15) is 4.79 Å². The first-order chi connectivity index (χ1) is 9.69. The van der Waals surface area contributed by atoms with Crippen LogP contribution in [0.4, 0.5) is 0 Å². The fraction of sp³-hybridized carbons (Fsp3) is 0.188. The van der Waals surface area contributed by atoms with E-state index in [-0.39, 0.29) is 5.91 Å². The van der Waals surface area contributed by atoms with Crippen molar-refractivity contribution < 1.29 is 4.79 Å². The number of hydrogen-bond acceptors (Lipinski definition) is 2. The van der Waals surface area contributed by atoms with E-state index in [1.54, 1.807) is 11.8 Å². The maximum atomic E-state index is 12.0. The summed E-state index contributed by atoms with van der Waals surface area (Å²) >= 11 is 7.67. The molecule has 2 nitrogen and oxygen atoms in total. The predicted octanol–water partition coefficient (Wildman–Crippen LogP) is 4.13. The lowest BCUT2D eigenvalue weighted by Gasteiger charge is -2.06. The minimum atomic E-state index is -0.0688. The van der Waals surface area contributed by atoms with Crippen LogP contribution in [0, 0.1) is 0 Å². The molecule has 0 radical (unpaired) electrons. The third-order valence-electron chi connectivity index (χ3n) is 2.87. The number of benzene rings is 2. The van der Waals surface area contributed by atoms with Crippen molar-refractivity contribution in [1.29, 1.82) is 0 Å². The van der Waals surface area contributed by atoms with Gasteiger partial charge in [0.25, 0.3) is 5.91 Å². The van der Waals surface area contributed by atoms with Crippen molar-refractivity contribution in [2.75, 3.05) is 6.26 Å². The molecule has 2 aromatic rings. The second-order valence-electron chi connectivity index (χ2n) is 4.44. The summed E-state index contributed by atoms with van der Waals surface area (Å²) in [5.41, 5.74) is 2.89. The number of halogens is 1. The SMILES string of the molecule is CSCc1ccc(C(=O)NCc2cccc(Cl)c2)cc1. The van der Waals surface area contributed by atoms with Crippen molar-refractivity contribution in [2.45, 2.75) is 12.3 Å². The topological polar surface area (TPSA) is 29.1 Å². The zero-order chi connectivity index (χ0) is 14.4. The van der Waals surface area contributed by atoms with Gasteiger partial charge in [0.2, 0.25) is 0 Å². The molecular weight excluding hydrogens is 290 g/mol. The van der Waals surface area contributed by atoms with Crippen LogP contribution >= 0.6 is 23.4 Å². The second-order valence-corrected chi connectivity index (χ2v) is 5.74. The first-order valence-electron chi connectivity index (χ1n) is 6.29. The van der Waals surface area contributed by atoms with Crippen LogP contribution in [0.2, 0.25) is 5.02 Å². The third kappa shape index (κ3) is 4.29. The molecule has 0 unspecified atom stereocenters. The smallest absolute Gasteiger partial charge is 0.251 e. The number of nitrogens with one attached hydrogen (secondary N) is 1. The summed E-state index contributed by atoms with van der Waals surface area (Å²) in [7, 11) is 0. The lowest BCUT2D eigenvalue weighted by molar-refractivity contribution is 0.0951. The molecule has 2 aromatic carbocycles. The van der Waals surface area contributed by atoms with Gasteiger partial charge in [-0.2, -0.15) is 11.8 Å². The quantitative estimate of drug-likeness (QED) is 0.900. The van der Waals surface area contributed by atoms with E-state index in [2.05, 4.69) is 11.6 Å². The summed E-state index contributed by atoms with van der Waals surface area (Å²) < 4.78 is 0. The Balaban J connectivity index is 1.94. The average Bonchev–Trinajstić information content (AvgIpc) is 2.46. The van der Waals surface area contributed by atoms with Gasteiger partial charge < -0.3 is 5.32 Å². The Kier molecular flexibility index (Phi) is 5.50. The van der Waals surface area contributed by atoms with Crippen LogP contribution < -0.4 is 5.32 Å². The number of rotatable bonds is 5. The van der Waals surface area contributed by atoms with Crippen LogP contribution in [-0.4, -0.2) is 12.2 Å². The van der Waals surface area contributed by atoms with E-state index in [1.165, 1.54) is 5.56 Å². The van der Waals surface area contributed by atoms with Crippen LogP contribution in [0.25, 0.3) is 0 Å². The van der Waals surface area contributed by atoms with Crippen LogP contribution in [0.15, 0.2) is 48.5 Å². The molecule has 0 saturated heterocycles. The van der Waals surface area contributed by atoms with Crippen molar-refractivity contribution in [1.82, 2.24) is 5.32 Å². The van der Waals surface area contributed by atoms with E-state index < -0.39 is 0 Å². The van der Waals surface area contributed by atoms with Gasteiger partial charge in [0, 0.05) is 22.9 Å². The van der Waals surface area contributed by atoms with Crippen molar-refractivity contribution in [2.24, 2.45) is 0 Å². The Morgan fingerprint density at radius 1 is 1.15 bits per heavy atom. The molecule has 104 valence electrons. The maximum Gasteiger partial charge on any atom is 0.251 e. The Labute approximate surface area is 128 Å². The molecule has 2 rings (SSSR count). The molecule has 0 aliphatic carbocycles. The number of thioether (sulfide) groups is 1. The molecular formula is C16H16ClNOS. The van der Waals surface area contributed by atoms with Gasteiger partial charge in [-0.1, -0.05) is 35.9 Å². The van der Waals surface area contributed by atoms with Crippen molar-refractivity contribution in [3.05, 3.63) is 70.2 Å². The molecule has 0 saturated carbocycles. The van der Waals surface area contributed by atoms with Gasteiger partial charge in [-0.3, -0.25) is 4.79 Å². The lowest BCUT2D eigenvalue weighted by atomic mass is 10.1. The highest BCUT2D eigenvalue weighted by Gasteiger charge is 2.05. The monoisotopic (exact) mass is 305 g/mol. The summed E-state index contributed by atoms with van der Waals surface area (Å²) in [5.74, 6) is 0.894. The van der Waals surface area contributed by atoms with Gasteiger partial charge in [0.05, 0.1) is 0 Å². The Bertz CT molecular complexity index is 583. The minimum absolute atomic E-state index is 0.0688. The largest absolute Gasteiger partial charge is 0.348 e. The molecule has 0 atom stereocenters. The van der Waals surface area contributed by atoms with Gasteiger partial charge in [0.15, 0.2) is 0 Å². The van der Waals surface area contributed by atoms with Gasteiger partial charge in [-0.25, -0.2) is 0 Å². The van der Waals surface area contributed by atoms with Crippen LogP contribution in [0.1, 0.15) is 21.5 Å². The lowest BCUT2D eigenvalue weighted by Crippen LogP contribution is -2.22. The van der Waals surface area contributed by atoms with Gasteiger partial charge >= 0.3 is 0 Å². The number of hydrogen-bond donors (Lipinski definition) is 1. The highest BCUT2D eigenvalue weighted by molar-refractivity contribution is 7.97. The molecule has 0 aliphatic heterocycles. The predicted molar refractivity (Wildman–Crippen MR) is 86.3 cm³/mol. The summed E-state index contributed by atoms with van der Waals surface area (Å²) in [6.07, 6.45) is 2.06. The molecule has 1 amide bonds. The van der Waals surface area contributed by atoms with Crippen molar-refractivity contribution in [3.63, 3.8) is 0 Å². The highest BCUT2D eigenvalue weighted by Crippen LogP contribution is 2.12. The van der Waals surface area contributed by atoms with Gasteiger partial charge in [-0.15, -0.1) is 0 Å². The minimum Gasteiger partial charge on any atom is -0.348 e. The fourth-order valence-corrected chi connectivity index (χ4v) is 2.59. The molecule has 0 aliphatic rings. The van der Waals surface area contributed by atoms with Crippen LogP contribution in [0.5, 0.6) is 0 Å².